The van der Waals surface area contributed by atoms with Crippen molar-refractivity contribution in [3.63, 3.8) is 0 Å². The van der Waals surface area contributed by atoms with Crippen molar-refractivity contribution in [2.24, 2.45) is 0 Å². The fraction of sp³-hybridized carbons (Fsp3) is 0.259. The largest absolute Gasteiger partial charge is 0.493 e. The van der Waals surface area contributed by atoms with Crippen molar-refractivity contribution in [2.45, 2.75) is 32.0 Å². The van der Waals surface area contributed by atoms with Crippen LogP contribution in [0.4, 0.5) is 4.79 Å². The predicted octanol–water partition coefficient (Wildman–Crippen LogP) is 6.05. The highest BCUT2D eigenvalue weighted by atomic mass is 79.9. The molecular weight excluding hydrogens is 514 g/mol. The number of carbonyl (C=O) groups excluding carboxylic acids is 2. The number of carbonyl (C=O) groups is 2. The number of hydrogen-bond donors (Lipinski definition) is 0. The first kappa shape index (κ1) is 24.6. The molecule has 1 aliphatic rings. The van der Waals surface area contributed by atoms with Crippen molar-refractivity contribution in [3.8, 4) is 17.2 Å². The molecule has 7 nitrogen and oxygen atoms in total. The second-order valence-electron chi connectivity index (χ2n) is 8.18. The summed E-state index contributed by atoms with van der Waals surface area (Å²) in [5.41, 5.74) is 2.48. The van der Waals surface area contributed by atoms with Gasteiger partial charge in [0, 0.05) is 10.0 Å². The lowest BCUT2D eigenvalue weighted by atomic mass is 10.0. The Hall–Kier alpha value is -3.52. The Morgan fingerprint density at radius 2 is 1.77 bits per heavy atom. The standard InChI is InChI=1S/C27H26BrNO6/c1-17-26(19-7-5-4-6-8-19)35-27(31)29(17)16-20-10-11-21(28)15-23(20)34-24-13-18(14-25(30)33-3)9-12-22(24)32-2/h4-13,15,17,26H,14,16H2,1-3H3/t17-,26-/m0/s1. The molecule has 1 aliphatic heterocycles. The average molecular weight is 540 g/mol. The summed E-state index contributed by atoms with van der Waals surface area (Å²) in [6.07, 6.45) is -0.614. The molecular formula is C27H26BrNO6. The Balaban J connectivity index is 1.60. The summed E-state index contributed by atoms with van der Waals surface area (Å²) < 4.78 is 23.0. The average Bonchev–Trinajstić information content (AvgIpc) is 3.14. The summed E-state index contributed by atoms with van der Waals surface area (Å²) in [6, 6.07) is 20.5. The maximum atomic E-state index is 12.8. The van der Waals surface area contributed by atoms with E-state index in [0.29, 0.717) is 23.8 Å². The zero-order valence-electron chi connectivity index (χ0n) is 19.7. The Kier molecular flexibility index (Phi) is 7.60. The number of esters is 1. The number of nitrogens with zero attached hydrogens (tertiary/aromatic N) is 1. The van der Waals surface area contributed by atoms with Gasteiger partial charge in [-0.05, 0) is 42.3 Å². The Morgan fingerprint density at radius 1 is 1.00 bits per heavy atom. The summed E-state index contributed by atoms with van der Waals surface area (Å²) in [5, 5.41) is 0. The van der Waals surface area contributed by atoms with Gasteiger partial charge < -0.3 is 18.9 Å². The number of hydrogen-bond acceptors (Lipinski definition) is 6. The van der Waals surface area contributed by atoms with Crippen LogP contribution in [0.2, 0.25) is 0 Å². The number of ether oxygens (including phenoxy) is 4. The first-order chi connectivity index (χ1) is 16.9. The molecule has 0 bridgehead atoms. The maximum Gasteiger partial charge on any atom is 0.411 e. The Morgan fingerprint density at radius 3 is 2.49 bits per heavy atom. The van der Waals surface area contributed by atoms with E-state index in [2.05, 4.69) is 15.9 Å². The topological polar surface area (TPSA) is 74.3 Å². The van der Waals surface area contributed by atoms with Crippen LogP contribution in [0.25, 0.3) is 0 Å². The van der Waals surface area contributed by atoms with Crippen molar-refractivity contribution < 1.29 is 28.5 Å². The molecule has 0 N–H and O–H groups in total. The van der Waals surface area contributed by atoms with E-state index >= 15 is 0 Å². The van der Waals surface area contributed by atoms with Gasteiger partial charge in [0.25, 0.3) is 0 Å². The van der Waals surface area contributed by atoms with Crippen LogP contribution in [-0.2, 0) is 27.2 Å². The molecule has 0 radical (unpaired) electrons. The van der Waals surface area contributed by atoms with Gasteiger partial charge in [-0.3, -0.25) is 9.69 Å². The minimum absolute atomic E-state index is 0.111. The Bertz CT molecular complexity index is 1220. The number of halogens is 1. The lowest BCUT2D eigenvalue weighted by Crippen LogP contribution is -2.31. The van der Waals surface area contributed by atoms with Crippen LogP contribution in [-0.4, -0.2) is 37.2 Å². The molecule has 1 saturated heterocycles. The van der Waals surface area contributed by atoms with Crippen LogP contribution in [0.3, 0.4) is 0 Å². The van der Waals surface area contributed by atoms with Gasteiger partial charge in [0.1, 0.15) is 11.9 Å². The molecule has 3 aromatic carbocycles. The molecule has 1 heterocycles. The molecule has 35 heavy (non-hydrogen) atoms. The summed E-state index contributed by atoms with van der Waals surface area (Å²) in [5.74, 6) is 1.17. The van der Waals surface area contributed by atoms with Crippen LogP contribution in [0.5, 0.6) is 17.2 Å². The normalized spacial score (nSPS) is 17.1. The predicted molar refractivity (Wildman–Crippen MR) is 134 cm³/mol. The molecule has 182 valence electrons. The molecule has 0 aliphatic carbocycles. The molecule has 0 unspecified atom stereocenters. The van der Waals surface area contributed by atoms with Gasteiger partial charge >= 0.3 is 12.1 Å². The number of amides is 1. The summed E-state index contributed by atoms with van der Waals surface area (Å²) in [6.45, 7) is 2.28. The van der Waals surface area contributed by atoms with E-state index in [4.69, 9.17) is 18.9 Å². The highest BCUT2D eigenvalue weighted by Gasteiger charge is 2.39. The van der Waals surface area contributed by atoms with E-state index in [1.165, 1.54) is 7.11 Å². The van der Waals surface area contributed by atoms with Crippen LogP contribution in [0, 0.1) is 0 Å². The third-order valence-electron chi connectivity index (χ3n) is 5.91. The highest BCUT2D eigenvalue weighted by molar-refractivity contribution is 9.10. The monoisotopic (exact) mass is 539 g/mol. The molecule has 4 rings (SSSR count). The fourth-order valence-electron chi connectivity index (χ4n) is 4.01. The highest BCUT2D eigenvalue weighted by Crippen LogP contribution is 2.38. The van der Waals surface area contributed by atoms with Gasteiger partial charge in [-0.1, -0.05) is 58.4 Å². The first-order valence-corrected chi connectivity index (χ1v) is 11.9. The van der Waals surface area contributed by atoms with E-state index in [9.17, 15) is 9.59 Å². The number of benzene rings is 3. The van der Waals surface area contributed by atoms with E-state index < -0.39 is 0 Å². The second kappa shape index (κ2) is 10.8. The third kappa shape index (κ3) is 5.59. The smallest absolute Gasteiger partial charge is 0.411 e. The molecule has 0 saturated carbocycles. The van der Waals surface area contributed by atoms with Crippen molar-refractivity contribution in [1.29, 1.82) is 0 Å². The number of methoxy groups -OCH3 is 2. The van der Waals surface area contributed by atoms with Crippen LogP contribution < -0.4 is 9.47 Å². The van der Waals surface area contributed by atoms with Gasteiger partial charge in [-0.25, -0.2) is 4.79 Å². The molecule has 3 aromatic rings. The van der Waals surface area contributed by atoms with Crippen molar-refractivity contribution in [2.75, 3.05) is 14.2 Å². The van der Waals surface area contributed by atoms with Gasteiger partial charge in [-0.2, -0.15) is 0 Å². The van der Waals surface area contributed by atoms with E-state index in [1.807, 2.05) is 55.5 Å². The quantitative estimate of drug-likeness (QED) is 0.324. The number of cyclic esters (lactones) is 1. The minimum Gasteiger partial charge on any atom is -0.493 e. The lowest BCUT2D eigenvalue weighted by molar-refractivity contribution is -0.139. The van der Waals surface area contributed by atoms with Gasteiger partial charge in [0.2, 0.25) is 0 Å². The lowest BCUT2D eigenvalue weighted by Gasteiger charge is -2.22. The number of rotatable bonds is 8. The summed E-state index contributed by atoms with van der Waals surface area (Å²) >= 11 is 3.50. The second-order valence-corrected chi connectivity index (χ2v) is 9.09. The van der Waals surface area contributed by atoms with E-state index in [1.54, 1.807) is 30.2 Å². The van der Waals surface area contributed by atoms with Gasteiger partial charge in [-0.15, -0.1) is 0 Å². The van der Waals surface area contributed by atoms with Gasteiger partial charge in [0.05, 0.1) is 33.2 Å². The minimum atomic E-state index is -0.377. The SMILES string of the molecule is COC(=O)Cc1ccc(OC)c(Oc2cc(Br)ccc2CN2C(=O)O[C@H](c3ccccc3)[C@@H]2C)c1. The third-order valence-corrected chi connectivity index (χ3v) is 6.41. The zero-order chi connectivity index (χ0) is 24.9. The summed E-state index contributed by atoms with van der Waals surface area (Å²) in [4.78, 5) is 26.2. The molecule has 8 heteroatoms. The van der Waals surface area contributed by atoms with Crippen molar-refractivity contribution >= 4 is 28.0 Å². The molecule has 2 atom stereocenters. The molecule has 0 aromatic heterocycles. The molecule has 0 spiro atoms. The maximum absolute atomic E-state index is 12.8. The van der Waals surface area contributed by atoms with Crippen LogP contribution in [0.1, 0.15) is 29.7 Å². The summed E-state index contributed by atoms with van der Waals surface area (Å²) in [7, 11) is 2.90. The van der Waals surface area contributed by atoms with Gasteiger partial charge in [0.15, 0.2) is 11.5 Å². The first-order valence-electron chi connectivity index (χ1n) is 11.1. The van der Waals surface area contributed by atoms with E-state index in [-0.39, 0.29) is 30.6 Å². The van der Waals surface area contributed by atoms with Crippen molar-refractivity contribution in [3.05, 3.63) is 87.9 Å². The van der Waals surface area contributed by atoms with E-state index in [0.717, 1.165) is 21.2 Å². The zero-order valence-corrected chi connectivity index (χ0v) is 21.3. The van der Waals surface area contributed by atoms with Crippen LogP contribution >= 0.6 is 15.9 Å². The molecule has 1 amide bonds. The van der Waals surface area contributed by atoms with Crippen molar-refractivity contribution in [1.82, 2.24) is 4.90 Å². The Labute approximate surface area is 212 Å². The van der Waals surface area contributed by atoms with Crippen LogP contribution in [0.15, 0.2) is 71.2 Å². The molecule has 1 fully saturated rings. The fourth-order valence-corrected chi connectivity index (χ4v) is 4.35.